The number of phosphoric ester groups is 1. The van der Waals surface area contributed by atoms with Crippen LogP contribution in [-0.2, 0) is 9.09 Å². The lowest BCUT2D eigenvalue weighted by Gasteiger charge is -2.03. The maximum absolute atomic E-state index is 10.2. The highest BCUT2D eigenvalue weighted by molar-refractivity contribution is 7.46. The summed E-state index contributed by atoms with van der Waals surface area (Å²) >= 11 is 11.1. The summed E-state index contributed by atoms with van der Waals surface area (Å²) in [6.45, 7) is -0.0860. The van der Waals surface area contributed by atoms with Crippen molar-refractivity contribution in [2.24, 2.45) is 5.92 Å². The summed E-state index contributed by atoms with van der Waals surface area (Å²) in [5.41, 5.74) is 0. The van der Waals surface area contributed by atoms with Gasteiger partial charge >= 0.3 is 7.82 Å². The Morgan fingerprint density at radius 3 is 2.36 bits per heavy atom. The maximum Gasteiger partial charge on any atom is 0.469 e. The number of hydrogen-bond acceptors (Lipinski definition) is 2. The molecule has 1 fully saturated rings. The fourth-order valence-electron chi connectivity index (χ4n) is 0.638. The number of phosphoric acid groups is 1. The van der Waals surface area contributed by atoms with Gasteiger partial charge in [0, 0.05) is 5.92 Å². The van der Waals surface area contributed by atoms with Crippen LogP contribution in [0.15, 0.2) is 0 Å². The summed E-state index contributed by atoms with van der Waals surface area (Å²) in [4.78, 5) is 16.5. The molecule has 1 rings (SSSR count). The van der Waals surface area contributed by atoms with Crippen LogP contribution in [0.4, 0.5) is 0 Å². The van der Waals surface area contributed by atoms with Crippen LogP contribution in [0, 0.1) is 5.92 Å². The highest BCUT2D eigenvalue weighted by atomic mass is 35.5. The first-order chi connectivity index (χ1) is 4.81. The van der Waals surface area contributed by atoms with Gasteiger partial charge in [-0.05, 0) is 6.42 Å². The van der Waals surface area contributed by atoms with Gasteiger partial charge in [-0.15, -0.1) is 23.2 Å². The zero-order valence-corrected chi connectivity index (χ0v) is 7.81. The first kappa shape index (κ1) is 9.78. The van der Waals surface area contributed by atoms with Crippen molar-refractivity contribution in [2.45, 2.75) is 10.8 Å². The van der Waals surface area contributed by atoms with Crippen LogP contribution in [-0.4, -0.2) is 20.7 Å². The second-order valence-corrected chi connectivity index (χ2v) is 5.23. The van der Waals surface area contributed by atoms with E-state index in [0.29, 0.717) is 6.42 Å². The van der Waals surface area contributed by atoms with Gasteiger partial charge < -0.3 is 9.79 Å². The number of halogens is 2. The molecule has 11 heavy (non-hydrogen) atoms. The van der Waals surface area contributed by atoms with E-state index in [1.54, 1.807) is 0 Å². The van der Waals surface area contributed by atoms with Gasteiger partial charge in [-0.25, -0.2) is 4.57 Å². The number of rotatable bonds is 3. The van der Waals surface area contributed by atoms with Crippen molar-refractivity contribution in [1.29, 1.82) is 0 Å². The monoisotopic (exact) mass is 220 g/mol. The quantitative estimate of drug-likeness (QED) is 0.556. The molecule has 0 radical (unpaired) electrons. The number of hydrogen-bond donors (Lipinski definition) is 2. The first-order valence-electron chi connectivity index (χ1n) is 2.89. The zero-order chi connectivity index (χ0) is 8.70. The predicted molar refractivity (Wildman–Crippen MR) is 40.5 cm³/mol. The summed E-state index contributed by atoms with van der Waals surface area (Å²) < 4.78 is 13.5. The van der Waals surface area contributed by atoms with E-state index in [-0.39, 0.29) is 12.5 Å². The van der Waals surface area contributed by atoms with Gasteiger partial charge in [0.25, 0.3) is 0 Å². The molecule has 0 aliphatic heterocycles. The molecule has 1 aliphatic carbocycles. The second kappa shape index (κ2) is 2.87. The van der Waals surface area contributed by atoms with E-state index < -0.39 is 12.2 Å². The molecule has 1 unspecified atom stereocenters. The van der Waals surface area contributed by atoms with Gasteiger partial charge in [0.15, 0.2) is 0 Å². The van der Waals surface area contributed by atoms with E-state index in [2.05, 4.69) is 4.52 Å². The summed E-state index contributed by atoms with van der Waals surface area (Å²) in [5, 5.41) is 0. The van der Waals surface area contributed by atoms with Gasteiger partial charge in [-0.2, -0.15) is 0 Å². The summed E-state index contributed by atoms with van der Waals surface area (Å²) in [5.74, 6) is -0.154. The molecule has 0 aromatic carbocycles. The lowest BCUT2D eigenvalue weighted by Crippen LogP contribution is -1.99. The topological polar surface area (TPSA) is 66.8 Å². The molecule has 7 heteroatoms. The summed E-state index contributed by atoms with van der Waals surface area (Å²) in [6.07, 6.45) is 0.524. The van der Waals surface area contributed by atoms with E-state index in [4.69, 9.17) is 33.0 Å². The van der Waals surface area contributed by atoms with Crippen molar-refractivity contribution in [3.05, 3.63) is 0 Å². The Balaban J connectivity index is 2.21. The van der Waals surface area contributed by atoms with Crippen molar-refractivity contribution < 1.29 is 18.9 Å². The SMILES string of the molecule is O=P(O)(O)OCC1CC1(Cl)Cl. The maximum atomic E-state index is 10.2. The number of alkyl halides is 2. The average Bonchev–Trinajstić information content (AvgIpc) is 2.33. The van der Waals surface area contributed by atoms with Crippen LogP contribution in [0.2, 0.25) is 0 Å². The van der Waals surface area contributed by atoms with Gasteiger partial charge in [-0.3, -0.25) is 4.52 Å². The third-order valence-corrected chi connectivity index (χ3v) is 2.81. The third kappa shape index (κ3) is 3.28. The predicted octanol–water partition coefficient (Wildman–Crippen LogP) is 1.29. The smallest absolute Gasteiger partial charge is 0.303 e. The average molecular weight is 221 g/mol. The van der Waals surface area contributed by atoms with Crippen LogP contribution >= 0.6 is 31.0 Å². The molecule has 0 aromatic heterocycles. The molecule has 2 N–H and O–H groups in total. The van der Waals surface area contributed by atoms with Crippen LogP contribution in [0.1, 0.15) is 6.42 Å². The van der Waals surface area contributed by atoms with Crippen molar-refractivity contribution >= 4 is 31.0 Å². The Morgan fingerprint density at radius 2 is 2.09 bits per heavy atom. The first-order valence-corrected chi connectivity index (χ1v) is 5.18. The Labute approximate surface area is 73.7 Å². The van der Waals surface area contributed by atoms with Crippen LogP contribution in [0.5, 0.6) is 0 Å². The molecule has 0 bridgehead atoms. The van der Waals surface area contributed by atoms with Gasteiger partial charge in [0.05, 0.1) is 6.61 Å². The van der Waals surface area contributed by atoms with Gasteiger partial charge in [0.1, 0.15) is 4.33 Å². The largest absolute Gasteiger partial charge is 0.469 e. The third-order valence-electron chi connectivity index (χ3n) is 1.40. The lowest BCUT2D eigenvalue weighted by molar-refractivity contribution is 0.189. The Morgan fingerprint density at radius 1 is 1.64 bits per heavy atom. The molecule has 4 nitrogen and oxygen atoms in total. The molecule has 0 amide bonds. The molecule has 0 saturated heterocycles. The normalized spacial score (nSPS) is 28.5. The fraction of sp³-hybridized carbons (Fsp3) is 1.00. The van der Waals surface area contributed by atoms with E-state index in [1.165, 1.54) is 0 Å². The van der Waals surface area contributed by atoms with Crippen molar-refractivity contribution in [3.8, 4) is 0 Å². The molecule has 0 aromatic rings. The summed E-state index contributed by atoms with van der Waals surface area (Å²) in [7, 11) is -4.35. The Kier molecular flexibility index (Phi) is 2.55. The van der Waals surface area contributed by atoms with E-state index >= 15 is 0 Å². The minimum absolute atomic E-state index is 0.0860. The zero-order valence-electron chi connectivity index (χ0n) is 5.41. The van der Waals surface area contributed by atoms with Gasteiger partial charge in [0.2, 0.25) is 0 Å². The van der Waals surface area contributed by atoms with Gasteiger partial charge in [-0.1, -0.05) is 0 Å². The molecule has 1 saturated carbocycles. The minimum Gasteiger partial charge on any atom is -0.303 e. The minimum atomic E-state index is -4.35. The van der Waals surface area contributed by atoms with E-state index in [1.807, 2.05) is 0 Å². The molecule has 0 spiro atoms. The van der Waals surface area contributed by atoms with Crippen LogP contribution in [0.3, 0.4) is 0 Å². The fourth-order valence-corrected chi connectivity index (χ4v) is 1.51. The van der Waals surface area contributed by atoms with Crippen molar-refractivity contribution in [3.63, 3.8) is 0 Å². The van der Waals surface area contributed by atoms with E-state index in [9.17, 15) is 4.57 Å². The van der Waals surface area contributed by atoms with Crippen molar-refractivity contribution in [2.75, 3.05) is 6.61 Å². The molecule has 0 heterocycles. The molecule has 66 valence electrons. The molecular formula is C4H7Cl2O4P. The molecule has 1 aliphatic rings. The highest BCUT2D eigenvalue weighted by Crippen LogP contribution is 2.54. The Hall–Kier alpha value is 0.690. The van der Waals surface area contributed by atoms with E-state index in [0.717, 1.165) is 0 Å². The van der Waals surface area contributed by atoms with Crippen LogP contribution < -0.4 is 0 Å². The van der Waals surface area contributed by atoms with Crippen molar-refractivity contribution in [1.82, 2.24) is 0 Å². The lowest BCUT2D eigenvalue weighted by atomic mass is 10.5. The summed E-state index contributed by atoms with van der Waals surface area (Å²) in [6, 6.07) is 0. The second-order valence-electron chi connectivity index (χ2n) is 2.45. The molecule has 1 atom stereocenters. The Bertz CT molecular complexity index is 200. The standard InChI is InChI=1S/C4H7Cl2O4P/c5-4(6)1-3(4)2-10-11(7,8)9/h3H,1-2H2,(H2,7,8,9). The highest BCUT2D eigenvalue weighted by Gasteiger charge is 2.52. The van der Waals surface area contributed by atoms with Crippen LogP contribution in [0.25, 0.3) is 0 Å². The molecular weight excluding hydrogens is 214 g/mol.